The van der Waals surface area contributed by atoms with Crippen molar-refractivity contribution >= 4 is 34.5 Å². The highest BCUT2D eigenvalue weighted by atomic mass is 19.4. The van der Waals surface area contributed by atoms with E-state index in [4.69, 9.17) is 33.4 Å². The molecule has 1 saturated carbocycles. The molecule has 14 nitrogen and oxygen atoms in total. The van der Waals surface area contributed by atoms with E-state index >= 15 is 22.0 Å². The third kappa shape index (κ3) is 9.02. The van der Waals surface area contributed by atoms with Crippen LogP contribution in [0.15, 0.2) is 54.6 Å². The van der Waals surface area contributed by atoms with Crippen LogP contribution in [0.25, 0.3) is 22.2 Å². The van der Waals surface area contributed by atoms with Crippen molar-refractivity contribution in [1.82, 2.24) is 19.9 Å². The molecule has 1 amide bonds. The Kier molecular flexibility index (Phi) is 12.6. The van der Waals surface area contributed by atoms with Crippen molar-refractivity contribution in [3.05, 3.63) is 88.5 Å². The normalized spacial score (nSPS) is 20.0. The van der Waals surface area contributed by atoms with Gasteiger partial charge in [-0.05, 0) is 114 Å². The Morgan fingerprint density at radius 3 is 2.09 bits per heavy atom. The number of benzene rings is 3. The first-order valence-corrected chi connectivity index (χ1v) is 23.3. The monoisotopic (exact) mass is 974 g/mol. The number of hydrogen-bond donors (Lipinski definition) is 0. The number of carbonyl (C=O) groups is 2. The number of nitrogens with zero attached hydrogens (tertiary/aromatic N) is 6. The number of anilines is 2. The van der Waals surface area contributed by atoms with Gasteiger partial charge in [0.05, 0.1) is 50.2 Å². The van der Waals surface area contributed by atoms with Gasteiger partial charge >= 0.3 is 24.2 Å². The molecule has 0 radical (unpaired) electrons. The predicted molar refractivity (Wildman–Crippen MR) is 248 cm³/mol. The maximum absolute atomic E-state index is 18.0. The van der Waals surface area contributed by atoms with E-state index in [1.165, 1.54) is 14.2 Å². The van der Waals surface area contributed by atoms with Gasteiger partial charge in [-0.1, -0.05) is 24.3 Å². The van der Waals surface area contributed by atoms with Crippen LogP contribution in [0.2, 0.25) is 0 Å². The number of aromatic nitrogens is 3. The van der Waals surface area contributed by atoms with Crippen molar-refractivity contribution in [2.24, 2.45) is 5.41 Å². The fraction of sp³-hybridized carbons (Fsp3) is 0.471. The van der Waals surface area contributed by atoms with Gasteiger partial charge in [0.15, 0.2) is 5.82 Å². The predicted octanol–water partition coefficient (Wildman–Crippen LogP) is 9.98. The topological polar surface area (TPSA) is 138 Å². The maximum Gasteiger partial charge on any atom is 0.417 e. The summed E-state index contributed by atoms with van der Waals surface area (Å²) in [5, 5.41) is -0.0344. The molecule has 19 heteroatoms. The van der Waals surface area contributed by atoms with Crippen molar-refractivity contribution < 1.29 is 60.0 Å². The highest BCUT2D eigenvalue weighted by molar-refractivity contribution is 5.98. The molecule has 3 aromatic carbocycles. The standard InChI is InChI=1S/C51H55F5N6O8/c1-9-67-46(63)50(20-21-50)26-68-47-58-42-37-44(59-47)61-25-31-14-19-35(62(31)48(64)70-49(4,5)6)43(61)28(3)69-45(37)57-41(40(42)53)34-22-36(39(52)27(2)38(34)51(54,55)56)60(23-29-10-15-32(65-7)16-11-29)24-30-12-17-33(66-8)18-13-30/h10-13,15-18,22,28,31,35,43H,9,14,19-21,23-26H2,1-8H3/t28-,31+,35-,43+/m0/s1. The first-order valence-electron chi connectivity index (χ1n) is 23.3. The second-order valence-corrected chi connectivity index (χ2v) is 19.4. The van der Waals surface area contributed by atoms with Crippen LogP contribution < -0.4 is 28.7 Å². The largest absolute Gasteiger partial charge is 0.497 e. The van der Waals surface area contributed by atoms with Crippen LogP contribution in [0.4, 0.5) is 38.3 Å². The maximum atomic E-state index is 18.0. The lowest BCUT2D eigenvalue weighted by Gasteiger charge is -2.48. The van der Waals surface area contributed by atoms with Gasteiger partial charge in [0.2, 0.25) is 5.88 Å². The fourth-order valence-corrected chi connectivity index (χ4v) is 9.99. The smallest absolute Gasteiger partial charge is 0.417 e. The number of rotatable bonds is 13. The zero-order valence-electron chi connectivity index (χ0n) is 40.2. The molecular weight excluding hydrogens is 920 g/mol. The number of piperazine rings is 1. The number of esters is 1. The molecule has 372 valence electrons. The second kappa shape index (κ2) is 18.3. The van der Waals surface area contributed by atoms with Gasteiger partial charge in [0, 0.05) is 25.2 Å². The van der Waals surface area contributed by atoms with E-state index in [0.29, 0.717) is 48.3 Å². The van der Waals surface area contributed by atoms with Crippen molar-refractivity contribution in [3.63, 3.8) is 0 Å². The van der Waals surface area contributed by atoms with Crippen molar-refractivity contribution in [3.8, 4) is 34.6 Å². The minimum absolute atomic E-state index is 0.0148. The van der Waals surface area contributed by atoms with E-state index in [1.54, 1.807) is 92.9 Å². The minimum atomic E-state index is -5.21. The number of hydrogen-bond acceptors (Lipinski definition) is 13. The second-order valence-electron chi connectivity index (χ2n) is 19.4. The Bertz CT molecular complexity index is 2770. The molecule has 1 aliphatic carbocycles. The Morgan fingerprint density at radius 1 is 0.900 bits per heavy atom. The number of ether oxygens (including phenoxy) is 6. The fourth-order valence-electron chi connectivity index (χ4n) is 9.99. The molecule has 0 unspecified atom stereocenters. The summed E-state index contributed by atoms with van der Waals surface area (Å²) >= 11 is 0. The lowest BCUT2D eigenvalue weighted by atomic mass is 9.95. The molecule has 5 heterocycles. The molecular formula is C51H55F5N6O8. The van der Waals surface area contributed by atoms with Crippen LogP contribution in [0.5, 0.6) is 23.4 Å². The molecule has 3 aliphatic heterocycles. The molecule has 0 spiro atoms. The summed E-state index contributed by atoms with van der Waals surface area (Å²) in [6.45, 7) is 9.91. The summed E-state index contributed by atoms with van der Waals surface area (Å²) in [6.07, 6.45) is -4.45. The molecule has 4 atom stereocenters. The van der Waals surface area contributed by atoms with E-state index in [2.05, 4.69) is 9.97 Å². The number of fused-ring (bicyclic) bond motifs is 5. The molecule has 0 N–H and O–H groups in total. The van der Waals surface area contributed by atoms with E-state index in [-0.39, 0.29) is 67.7 Å². The Balaban J connectivity index is 1.23. The molecule has 2 saturated heterocycles. The van der Waals surface area contributed by atoms with Crippen molar-refractivity contribution in [2.75, 3.05) is 43.8 Å². The van der Waals surface area contributed by atoms with E-state index in [9.17, 15) is 9.59 Å². The number of pyridine rings is 1. The average molecular weight is 975 g/mol. The average Bonchev–Trinajstić information content (AvgIpc) is 4.07. The first-order chi connectivity index (χ1) is 33.2. The molecule has 2 aromatic heterocycles. The molecule has 9 rings (SSSR count). The summed E-state index contributed by atoms with van der Waals surface area (Å²) in [5.74, 6) is -1.93. The molecule has 3 fully saturated rings. The van der Waals surface area contributed by atoms with Gasteiger partial charge in [-0.3, -0.25) is 9.69 Å². The van der Waals surface area contributed by atoms with Gasteiger partial charge in [-0.25, -0.2) is 18.6 Å². The van der Waals surface area contributed by atoms with Gasteiger partial charge < -0.3 is 38.2 Å². The quantitative estimate of drug-likeness (QED) is 0.0818. The van der Waals surface area contributed by atoms with Crippen LogP contribution in [0, 0.1) is 24.0 Å². The van der Waals surface area contributed by atoms with Crippen LogP contribution >= 0.6 is 0 Å². The summed E-state index contributed by atoms with van der Waals surface area (Å²) < 4.78 is 116. The van der Waals surface area contributed by atoms with E-state index in [0.717, 1.165) is 13.0 Å². The van der Waals surface area contributed by atoms with Gasteiger partial charge in [-0.2, -0.15) is 23.1 Å². The summed E-state index contributed by atoms with van der Waals surface area (Å²) in [5.41, 5.74) is -4.96. The molecule has 2 bridgehead atoms. The first kappa shape index (κ1) is 48.4. The van der Waals surface area contributed by atoms with Crippen LogP contribution in [0.3, 0.4) is 0 Å². The molecule has 70 heavy (non-hydrogen) atoms. The highest BCUT2D eigenvalue weighted by Gasteiger charge is 2.55. The van der Waals surface area contributed by atoms with E-state index < -0.39 is 87.0 Å². The van der Waals surface area contributed by atoms with E-state index in [1.807, 2.05) is 4.90 Å². The Hall–Kier alpha value is -6.66. The SMILES string of the molecule is CCOC(=O)C1(COc2nc3c4c(nc(-c5cc(N(Cc6ccc(OC)cc6)Cc6ccc(OC)cc6)c(F)c(C)c5C(F)(F)F)c(F)c4n2)O[C@@H](C)[C@@H]2[C@@H]4CC[C@H](CN32)N4C(=O)OC(C)(C)C)CC1. The zero-order valence-corrected chi connectivity index (χ0v) is 40.2. The van der Waals surface area contributed by atoms with Crippen molar-refractivity contribution in [2.45, 2.75) is 116 Å². The van der Waals surface area contributed by atoms with Gasteiger partial charge in [0.1, 0.15) is 63.5 Å². The summed E-state index contributed by atoms with van der Waals surface area (Å²) in [7, 11) is 3.03. The highest BCUT2D eigenvalue weighted by Crippen LogP contribution is 2.51. The number of alkyl halides is 3. The van der Waals surface area contributed by atoms with Crippen molar-refractivity contribution in [1.29, 1.82) is 0 Å². The van der Waals surface area contributed by atoms with Crippen LogP contribution in [-0.2, 0) is 33.5 Å². The zero-order chi connectivity index (χ0) is 50.0. The number of methoxy groups -OCH3 is 2. The number of halogens is 5. The van der Waals surface area contributed by atoms with Gasteiger partial charge in [0.25, 0.3) is 0 Å². The molecule has 4 aliphatic rings. The summed E-state index contributed by atoms with van der Waals surface area (Å²) in [6, 6.07) is 13.0. The third-order valence-electron chi connectivity index (χ3n) is 13.5. The third-order valence-corrected chi connectivity index (χ3v) is 13.5. The van der Waals surface area contributed by atoms with Crippen LogP contribution in [-0.4, -0.2) is 95.7 Å². The van der Waals surface area contributed by atoms with Crippen LogP contribution in [0.1, 0.15) is 82.6 Å². The molecule has 5 aromatic rings. The number of carbonyl (C=O) groups excluding carboxylic acids is 2. The summed E-state index contributed by atoms with van der Waals surface area (Å²) in [4.78, 5) is 45.8. The van der Waals surface area contributed by atoms with Gasteiger partial charge in [-0.15, -0.1) is 0 Å². The number of amides is 1. The lowest BCUT2D eigenvalue weighted by molar-refractivity contribution is -0.151. The minimum Gasteiger partial charge on any atom is -0.497 e. The Morgan fingerprint density at radius 2 is 1.53 bits per heavy atom. The lowest BCUT2D eigenvalue weighted by Crippen LogP contribution is -2.65. The Labute approximate surface area is 402 Å².